The quantitative estimate of drug-likeness (QED) is 0.704. The zero-order valence-electron chi connectivity index (χ0n) is 13.9. The fourth-order valence-electron chi connectivity index (χ4n) is 3.31. The molecule has 5 nitrogen and oxygen atoms in total. The topological polar surface area (TPSA) is 58.4 Å². The summed E-state index contributed by atoms with van der Waals surface area (Å²) < 4.78 is 5.63. The minimum absolute atomic E-state index is 0.193. The number of carbonyl (C=O) groups is 1. The molecule has 2 aromatic heterocycles. The van der Waals surface area contributed by atoms with Gasteiger partial charge in [-0.3, -0.25) is 4.79 Å². The standard InChI is InChI=1S/C19H20ClN3O2/c20-15-5-4-13-10-14-11-17(25-19(14)22-16(13)12-15)18(24)21-6-3-9-23-7-1-2-8-23/h4-5,10-12H,1-3,6-9H2,(H,21,24). The number of fused-ring (bicyclic) bond motifs is 2. The molecular formula is C19H20ClN3O2. The van der Waals surface area contributed by atoms with Crippen LogP contribution in [0.5, 0.6) is 0 Å². The van der Waals surface area contributed by atoms with Crippen LogP contribution in [-0.4, -0.2) is 42.0 Å². The molecule has 130 valence electrons. The molecule has 3 aromatic rings. The molecule has 1 saturated heterocycles. The van der Waals surface area contributed by atoms with Crippen molar-refractivity contribution in [3.8, 4) is 0 Å². The molecule has 0 spiro atoms. The van der Waals surface area contributed by atoms with Crippen molar-refractivity contribution in [2.45, 2.75) is 19.3 Å². The second-order valence-electron chi connectivity index (χ2n) is 6.49. The number of rotatable bonds is 5. The molecule has 0 aliphatic carbocycles. The van der Waals surface area contributed by atoms with Crippen LogP contribution in [0.15, 0.2) is 34.7 Å². The average molecular weight is 358 g/mol. The summed E-state index contributed by atoms with van der Waals surface area (Å²) in [4.78, 5) is 19.2. The molecule has 1 aliphatic rings. The lowest BCUT2D eigenvalue weighted by molar-refractivity contribution is 0.0926. The van der Waals surface area contributed by atoms with Gasteiger partial charge in [0, 0.05) is 22.3 Å². The molecule has 0 radical (unpaired) electrons. The zero-order valence-corrected chi connectivity index (χ0v) is 14.7. The summed E-state index contributed by atoms with van der Waals surface area (Å²) in [6, 6.07) is 9.23. The Morgan fingerprint density at radius 3 is 2.88 bits per heavy atom. The van der Waals surface area contributed by atoms with Gasteiger partial charge in [0.05, 0.1) is 5.52 Å². The third-order valence-electron chi connectivity index (χ3n) is 4.62. The van der Waals surface area contributed by atoms with E-state index in [0.29, 0.717) is 23.0 Å². The van der Waals surface area contributed by atoms with Crippen molar-refractivity contribution in [3.05, 3.63) is 41.1 Å². The maximum Gasteiger partial charge on any atom is 0.287 e. The van der Waals surface area contributed by atoms with Gasteiger partial charge in [-0.1, -0.05) is 17.7 Å². The molecule has 0 unspecified atom stereocenters. The van der Waals surface area contributed by atoms with Gasteiger partial charge < -0.3 is 14.6 Å². The van der Waals surface area contributed by atoms with Crippen molar-refractivity contribution in [1.29, 1.82) is 0 Å². The van der Waals surface area contributed by atoms with E-state index in [9.17, 15) is 4.79 Å². The molecule has 1 aliphatic heterocycles. The van der Waals surface area contributed by atoms with Crippen LogP contribution in [0.25, 0.3) is 22.0 Å². The van der Waals surface area contributed by atoms with Crippen molar-refractivity contribution >= 4 is 39.5 Å². The number of furan rings is 1. The first-order valence-electron chi connectivity index (χ1n) is 8.69. The molecule has 0 atom stereocenters. The molecule has 0 bridgehead atoms. The van der Waals surface area contributed by atoms with Crippen molar-refractivity contribution in [2.24, 2.45) is 0 Å². The summed E-state index contributed by atoms with van der Waals surface area (Å²) >= 11 is 6.01. The Hall–Kier alpha value is -2.11. The SMILES string of the molecule is O=C(NCCCN1CCCC1)c1cc2cc3ccc(Cl)cc3nc2o1. The van der Waals surface area contributed by atoms with Gasteiger partial charge in [0.2, 0.25) is 5.71 Å². The maximum atomic E-state index is 12.3. The summed E-state index contributed by atoms with van der Waals surface area (Å²) in [6.07, 6.45) is 3.53. The van der Waals surface area contributed by atoms with Gasteiger partial charge in [0.1, 0.15) is 0 Å². The van der Waals surface area contributed by atoms with Gasteiger partial charge in [0.15, 0.2) is 5.76 Å². The van der Waals surface area contributed by atoms with E-state index in [1.807, 2.05) is 18.2 Å². The van der Waals surface area contributed by atoms with E-state index in [4.69, 9.17) is 16.0 Å². The van der Waals surface area contributed by atoms with Gasteiger partial charge in [-0.25, -0.2) is 4.98 Å². The second kappa shape index (κ2) is 7.02. The van der Waals surface area contributed by atoms with Crippen molar-refractivity contribution < 1.29 is 9.21 Å². The summed E-state index contributed by atoms with van der Waals surface area (Å²) in [6.45, 7) is 4.05. The first kappa shape index (κ1) is 16.4. The highest BCUT2D eigenvalue weighted by Gasteiger charge is 2.14. The molecular weight excluding hydrogens is 338 g/mol. The van der Waals surface area contributed by atoms with E-state index in [-0.39, 0.29) is 5.91 Å². The van der Waals surface area contributed by atoms with E-state index >= 15 is 0 Å². The number of likely N-dealkylation sites (tertiary alicyclic amines) is 1. The summed E-state index contributed by atoms with van der Waals surface area (Å²) in [5.41, 5.74) is 1.21. The molecule has 1 amide bonds. The normalized spacial score (nSPS) is 15.2. The minimum atomic E-state index is -0.193. The Bertz CT molecular complexity index is 916. The highest BCUT2D eigenvalue weighted by atomic mass is 35.5. The molecule has 6 heteroatoms. The third kappa shape index (κ3) is 3.62. The van der Waals surface area contributed by atoms with Crippen LogP contribution in [0.1, 0.15) is 29.8 Å². The predicted molar refractivity (Wildman–Crippen MR) is 99.1 cm³/mol. The Balaban J connectivity index is 1.43. The van der Waals surface area contributed by atoms with Crippen molar-refractivity contribution in [1.82, 2.24) is 15.2 Å². The largest absolute Gasteiger partial charge is 0.433 e. The number of amides is 1. The van der Waals surface area contributed by atoms with Gasteiger partial charge in [-0.05, 0) is 63.2 Å². The van der Waals surface area contributed by atoms with E-state index < -0.39 is 0 Å². The van der Waals surface area contributed by atoms with Crippen LogP contribution >= 0.6 is 11.6 Å². The smallest absolute Gasteiger partial charge is 0.287 e. The van der Waals surface area contributed by atoms with Gasteiger partial charge in [-0.2, -0.15) is 0 Å². The number of hydrogen-bond donors (Lipinski definition) is 1. The minimum Gasteiger partial charge on any atom is -0.433 e. The Morgan fingerprint density at radius 1 is 1.20 bits per heavy atom. The van der Waals surface area contributed by atoms with Gasteiger partial charge >= 0.3 is 0 Å². The van der Waals surface area contributed by atoms with E-state index in [1.165, 1.54) is 25.9 Å². The first-order valence-corrected chi connectivity index (χ1v) is 9.07. The fourth-order valence-corrected chi connectivity index (χ4v) is 3.48. The van der Waals surface area contributed by atoms with E-state index in [2.05, 4.69) is 15.2 Å². The van der Waals surface area contributed by atoms with Crippen LogP contribution in [0.2, 0.25) is 5.02 Å². The van der Waals surface area contributed by atoms with Crippen LogP contribution in [0.4, 0.5) is 0 Å². The van der Waals surface area contributed by atoms with E-state index in [0.717, 1.165) is 29.3 Å². The lowest BCUT2D eigenvalue weighted by atomic mass is 10.2. The molecule has 25 heavy (non-hydrogen) atoms. The molecule has 4 rings (SSSR count). The molecule has 1 fully saturated rings. The summed E-state index contributed by atoms with van der Waals surface area (Å²) in [7, 11) is 0. The number of halogens is 1. The zero-order chi connectivity index (χ0) is 17.2. The van der Waals surface area contributed by atoms with Gasteiger partial charge in [0.25, 0.3) is 5.91 Å². The Kier molecular flexibility index (Phi) is 4.59. The number of nitrogens with one attached hydrogen (secondary N) is 1. The molecule has 1 aromatic carbocycles. The van der Waals surface area contributed by atoms with Crippen LogP contribution in [0.3, 0.4) is 0 Å². The van der Waals surface area contributed by atoms with E-state index in [1.54, 1.807) is 12.1 Å². The van der Waals surface area contributed by atoms with Crippen LogP contribution < -0.4 is 5.32 Å². The second-order valence-corrected chi connectivity index (χ2v) is 6.93. The third-order valence-corrected chi connectivity index (χ3v) is 4.86. The monoisotopic (exact) mass is 357 g/mol. The number of carbonyl (C=O) groups excluding carboxylic acids is 1. The average Bonchev–Trinajstić information content (AvgIpc) is 3.25. The van der Waals surface area contributed by atoms with Crippen LogP contribution in [0, 0.1) is 0 Å². The fraction of sp³-hybridized carbons (Fsp3) is 0.368. The molecule has 3 heterocycles. The lowest BCUT2D eigenvalue weighted by Gasteiger charge is -2.13. The number of aromatic nitrogens is 1. The number of benzene rings is 1. The first-order chi connectivity index (χ1) is 12.2. The number of hydrogen-bond acceptors (Lipinski definition) is 4. The van der Waals surface area contributed by atoms with Crippen LogP contribution in [-0.2, 0) is 0 Å². The lowest BCUT2D eigenvalue weighted by Crippen LogP contribution is -2.28. The van der Waals surface area contributed by atoms with Gasteiger partial charge in [-0.15, -0.1) is 0 Å². The maximum absolute atomic E-state index is 12.3. The molecule has 1 N–H and O–H groups in total. The van der Waals surface area contributed by atoms with Crippen molar-refractivity contribution in [3.63, 3.8) is 0 Å². The number of nitrogens with zero attached hydrogens (tertiary/aromatic N) is 2. The molecule has 0 saturated carbocycles. The Labute approximate surface area is 150 Å². The summed E-state index contributed by atoms with van der Waals surface area (Å²) in [5.74, 6) is 0.103. The highest BCUT2D eigenvalue weighted by molar-refractivity contribution is 6.31. The highest BCUT2D eigenvalue weighted by Crippen LogP contribution is 2.24. The van der Waals surface area contributed by atoms with Crippen molar-refractivity contribution in [2.75, 3.05) is 26.2 Å². The summed E-state index contributed by atoms with van der Waals surface area (Å²) in [5, 5.41) is 5.34. The predicted octanol–water partition coefficient (Wildman–Crippen LogP) is 3.85. The Morgan fingerprint density at radius 2 is 2.04 bits per heavy atom. The number of pyridine rings is 1.